The van der Waals surface area contributed by atoms with Crippen LogP contribution >= 0.6 is 0 Å². The molecule has 0 radical (unpaired) electrons. The van der Waals surface area contributed by atoms with Crippen molar-refractivity contribution in [2.24, 2.45) is 0 Å². The maximum atomic E-state index is 12.8. The molecule has 0 heterocycles. The number of aliphatic hydroxyl groups is 1. The molecule has 1 aromatic rings. The summed E-state index contributed by atoms with van der Waals surface area (Å²) >= 11 is 0. The second kappa shape index (κ2) is 4.14. The van der Waals surface area contributed by atoms with E-state index in [1.807, 2.05) is 0 Å². The van der Waals surface area contributed by atoms with Crippen LogP contribution in [0.2, 0.25) is 0 Å². The molecule has 0 bridgehead atoms. The van der Waals surface area contributed by atoms with Crippen LogP contribution < -0.4 is 4.74 Å². The van der Waals surface area contributed by atoms with E-state index < -0.39 is 17.7 Å². The fourth-order valence-corrected chi connectivity index (χ4v) is 1.77. The molecule has 2 atom stereocenters. The van der Waals surface area contributed by atoms with Crippen LogP contribution in [-0.2, 0) is 0 Å². The average molecular weight is 214 g/mol. The van der Waals surface area contributed by atoms with Gasteiger partial charge in [-0.25, -0.2) is 8.78 Å². The first-order chi connectivity index (χ1) is 7.16. The number of hydrogen-bond donors (Lipinski definition) is 1. The molecular formula is C11H12F2O2. The molecule has 1 fully saturated rings. The van der Waals surface area contributed by atoms with Crippen molar-refractivity contribution in [2.75, 3.05) is 0 Å². The third kappa shape index (κ3) is 2.26. The zero-order valence-electron chi connectivity index (χ0n) is 8.12. The van der Waals surface area contributed by atoms with Gasteiger partial charge in [-0.2, -0.15) is 0 Å². The average Bonchev–Trinajstić information content (AvgIpc) is 2.59. The van der Waals surface area contributed by atoms with E-state index in [0.29, 0.717) is 6.42 Å². The first-order valence-electron chi connectivity index (χ1n) is 4.96. The monoisotopic (exact) mass is 214 g/mol. The quantitative estimate of drug-likeness (QED) is 0.818. The lowest BCUT2D eigenvalue weighted by Gasteiger charge is -2.16. The standard InChI is InChI=1S/C11H12F2O2/c12-8-5-4-7(6-9(8)13)15-11-3-1-2-10(11)14/h4-6,10-11,14H,1-3H2/t10-,11-/m1/s1. The Morgan fingerprint density at radius 1 is 1.20 bits per heavy atom. The molecule has 4 heteroatoms. The van der Waals surface area contributed by atoms with Crippen molar-refractivity contribution in [1.29, 1.82) is 0 Å². The van der Waals surface area contributed by atoms with Gasteiger partial charge >= 0.3 is 0 Å². The predicted molar refractivity (Wildman–Crippen MR) is 50.6 cm³/mol. The number of ether oxygens (including phenoxy) is 1. The molecule has 2 nitrogen and oxygen atoms in total. The summed E-state index contributed by atoms with van der Waals surface area (Å²) in [6.45, 7) is 0. The van der Waals surface area contributed by atoms with E-state index in [1.165, 1.54) is 6.07 Å². The second-order valence-electron chi connectivity index (χ2n) is 3.73. The van der Waals surface area contributed by atoms with E-state index in [-0.39, 0.29) is 11.9 Å². The second-order valence-corrected chi connectivity index (χ2v) is 3.73. The molecule has 0 saturated heterocycles. The van der Waals surface area contributed by atoms with Gasteiger partial charge in [0, 0.05) is 6.07 Å². The van der Waals surface area contributed by atoms with E-state index in [2.05, 4.69) is 0 Å². The Bertz CT molecular complexity index is 354. The zero-order chi connectivity index (χ0) is 10.8. The van der Waals surface area contributed by atoms with E-state index in [9.17, 15) is 13.9 Å². The summed E-state index contributed by atoms with van der Waals surface area (Å²) in [7, 11) is 0. The summed E-state index contributed by atoms with van der Waals surface area (Å²) in [6, 6.07) is 3.38. The van der Waals surface area contributed by atoms with Gasteiger partial charge in [-0.05, 0) is 31.4 Å². The van der Waals surface area contributed by atoms with Gasteiger partial charge in [0.05, 0.1) is 6.10 Å². The lowest BCUT2D eigenvalue weighted by atomic mass is 10.2. The zero-order valence-corrected chi connectivity index (χ0v) is 8.12. The summed E-state index contributed by atoms with van der Waals surface area (Å²) in [6.07, 6.45) is 1.55. The fourth-order valence-electron chi connectivity index (χ4n) is 1.77. The normalized spacial score (nSPS) is 25.5. The van der Waals surface area contributed by atoms with Gasteiger partial charge in [-0.15, -0.1) is 0 Å². The molecule has 1 saturated carbocycles. The van der Waals surface area contributed by atoms with Crippen LogP contribution in [0.5, 0.6) is 5.75 Å². The largest absolute Gasteiger partial charge is 0.488 e. The van der Waals surface area contributed by atoms with Crippen molar-refractivity contribution in [3.8, 4) is 5.75 Å². The molecule has 0 spiro atoms. The van der Waals surface area contributed by atoms with Gasteiger partial charge < -0.3 is 9.84 Å². The highest BCUT2D eigenvalue weighted by atomic mass is 19.2. The Labute approximate surface area is 86.5 Å². The Hall–Kier alpha value is -1.16. The van der Waals surface area contributed by atoms with Crippen molar-refractivity contribution in [3.63, 3.8) is 0 Å². The van der Waals surface area contributed by atoms with Crippen molar-refractivity contribution in [2.45, 2.75) is 31.5 Å². The van der Waals surface area contributed by atoms with Crippen molar-refractivity contribution in [3.05, 3.63) is 29.8 Å². The van der Waals surface area contributed by atoms with Crippen LogP contribution in [0.25, 0.3) is 0 Å². The summed E-state index contributed by atoms with van der Waals surface area (Å²) in [5, 5.41) is 9.48. The molecule has 1 aromatic carbocycles. The van der Waals surface area contributed by atoms with Gasteiger partial charge in [-0.3, -0.25) is 0 Å². The summed E-state index contributed by atoms with van der Waals surface area (Å²) in [4.78, 5) is 0. The summed E-state index contributed by atoms with van der Waals surface area (Å²) in [5.74, 6) is -1.56. The maximum Gasteiger partial charge on any atom is 0.162 e. The Morgan fingerprint density at radius 2 is 2.00 bits per heavy atom. The molecule has 0 aromatic heterocycles. The van der Waals surface area contributed by atoms with E-state index in [1.54, 1.807) is 0 Å². The van der Waals surface area contributed by atoms with Gasteiger partial charge in [0.2, 0.25) is 0 Å². The van der Waals surface area contributed by atoms with Crippen molar-refractivity contribution < 1.29 is 18.6 Å². The van der Waals surface area contributed by atoms with E-state index in [4.69, 9.17) is 4.74 Å². The van der Waals surface area contributed by atoms with Crippen LogP contribution in [0.1, 0.15) is 19.3 Å². The third-order valence-electron chi connectivity index (χ3n) is 2.60. The highest BCUT2D eigenvalue weighted by molar-refractivity contribution is 5.24. The molecule has 15 heavy (non-hydrogen) atoms. The fraction of sp³-hybridized carbons (Fsp3) is 0.455. The Balaban J connectivity index is 2.07. The molecule has 0 amide bonds. The Kier molecular flexibility index (Phi) is 2.86. The minimum absolute atomic E-state index is 0.264. The molecular weight excluding hydrogens is 202 g/mol. The van der Waals surface area contributed by atoms with Gasteiger partial charge in [0.1, 0.15) is 11.9 Å². The molecule has 1 N–H and O–H groups in total. The molecule has 1 aliphatic carbocycles. The molecule has 1 aliphatic rings. The summed E-state index contributed by atoms with van der Waals surface area (Å²) in [5.41, 5.74) is 0. The number of hydrogen-bond acceptors (Lipinski definition) is 2. The molecule has 0 unspecified atom stereocenters. The number of benzene rings is 1. The number of aliphatic hydroxyl groups excluding tert-OH is 1. The summed E-state index contributed by atoms with van der Waals surface area (Å²) < 4.78 is 30.8. The Morgan fingerprint density at radius 3 is 2.60 bits per heavy atom. The van der Waals surface area contributed by atoms with Gasteiger partial charge in [0.15, 0.2) is 11.6 Å². The van der Waals surface area contributed by atoms with Crippen molar-refractivity contribution >= 4 is 0 Å². The van der Waals surface area contributed by atoms with E-state index in [0.717, 1.165) is 25.0 Å². The van der Waals surface area contributed by atoms with Gasteiger partial charge in [-0.1, -0.05) is 0 Å². The minimum Gasteiger partial charge on any atom is -0.488 e. The smallest absolute Gasteiger partial charge is 0.162 e. The topological polar surface area (TPSA) is 29.5 Å². The highest BCUT2D eigenvalue weighted by Crippen LogP contribution is 2.25. The first kappa shape index (κ1) is 10.4. The first-order valence-corrected chi connectivity index (χ1v) is 4.96. The molecule has 0 aliphatic heterocycles. The number of halogens is 2. The SMILES string of the molecule is O[C@@H]1CCC[C@H]1Oc1ccc(F)c(F)c1. The molecule has 2 rings (SSSR count). The van der Waals surface area contributed by atoms with Crippen molar-refractivity contribution in [1.82, 2.24) is 0 Å². The van der Waals surface area contributed by atoms with Crippen LogP contribution in [0.15, 0.2) is 18.2 Å². The lowest BCUT2D eigenvalue weighted by Crippen LogP contribution is -2.25. The van der Waals surface area contributed by atoms with Crippen LogP contribution in [-0.4, -0.2) is 17.3 Å². The maximum absolute atomic E-state index is 12.8. The van der Waals surface area contributed by atoms with Crippen LogP contribution in [0, 0.1) is 11.6 Å². The minimum atomic E-state index is -0.931. The van der Waals surface area contributed by atoms with Gasteiger partial charge in [0.25, 0.3) is 0 Å². The number of rotatable bonds is 2. The molecule has 82 valence electrons. The third-order valence-corrected chi connectivity index (χ3v) is 2.60. The predicted octanol–water partition coefficient (Wildman–Crippen LogP) is 2.26. The van der Waals surface area contributed by atoms with E-state index >= 15 is 0 Å². The lowest BCUT2D eigenvalue weighted by molar-refractivity contribution is 0.0601. The highest BCUT2D eigenvalue weighted by Gasteiger charge is 2.27. The van der Waals surface area contributed by atoms with Crippen LogP contribution in [0.3, 0.4) is 0 Å². The van der Waals surface area contributed by atoms with Crippen LogP contribution in [0.4, 0.5) is 8.78 Å².